The molecule has 0 N–H and O–H groups in total. The molecule has 0 saturated carbocycles. The van der Waals surface area contributed by atoms with Crippen LogP contribution in [0.2, 0.25) is 0 Å². The van der Waals surface area contributed by atoms with Crippen molar-refractivity contribution < 1.29 is 9.21 Å². The summed E-state index contributed by atoms with van der Waals surface area (Å²) in [6, 6.07) is 1.90. The number of aromatic nitrogens is 2. The van der Waals surface area contributed by atoms with Crippen molar-refractivity contribution in [2.45, 2.75) is 40.0 Å². The minimum absolute atomic E-state index is 0.0642. The summed E-state index contributed by atoms with van der Waals surface area (Å²) in [5.41, 5.74) is 0.691. The molecule has 1 aliphatic rings. The van der Waals surface area contributed by atoms with Crippen molar-refractivity contribution in [1.82, 2.24) is 14.3 Å². The Hall–Kier alpha value is -1.89. The van der Waals surface area contributed by atoms with Gasteiger partial charge in [-0.2, -0.15) is 4.37 Å². The molecular weight excluding hydrogens is 324 g/mol. The van der Waals surface area contributed by atoms with Gasteiger partial charge in [0.1, 0.15) is 17.3 Å². The van der Waals surface area contributed by atoms with Gasteiger partial charge >= 0.3 is 0 Å². The van der Waals surface area contributed by atoms with Gasteiger partial charge in [-0.3, -0.25) is 4.79 Å². The molecule has 2 aromatic rings. The molecule has 0 aliphatic carbocycles. The predicted molar refractivity (Wildman–Crippen MR) is 94.9 cm³/mol. The normalized spacial score (nSPS) is 15.4. The molecule has 130 valence electrons. The van der Waals surface area contributed by atoms with Gasteiger partial charge in [-0.05, 0) is 13.0 Å². The lowest BCUT2D eigenvalue weighted by molar-refractivity contribution is 0.0745. The largest absolute Gasteiger partial charge is 0.465 e. The van der Waals surface area contributed by atoms with E-state index in [0.717, 1.165) is 36.2 Å². The molecule has 0 bridgehead atoms. The second kappa shape index (κ2) is 6.93. The molecule has 7 heteroatoms. The third-order valence-corrected chi connectivity index (χ3v) is 5.16. The van der Waals surface area contributed by atoms with Crippen LogP contribution in [0.4, 0.5) is 5.13 Å². The predicted octanol–water partition coefficient (Wildman–Crippen LogP) is 3.09. The van der Waals surface area contributed by atoms with E-state index in [9.17, 15) is 4.79 Å². The highest BCUT2D eigenvalue weighted by Crippen LogP contribution is 2.24. The quantitative estimate of drug-likeness (QED) is 0.850. The number of hydrogen-bond donors (Lipinski definition) is 0. The Morgan fingerprint density at radius 3 is 2.58 bits per heavy atom. The Morgan fingerprint density at radius 2 is 2.04 bits per heavy atom. The number of anilines is 1. The van der Waals surface area contributed by atoms with Crippen molar-refractivity contribution in [3.8, 4) is 0 Å². The number of carbonyl (C=O) groups excluding carboxylic acids is 1. The Kier molecular flexibility index (Phi) is 4.89. The third kappa shape index (κ3) is 3.31. The van der Waals surface area contributed by atoms with E-state index >= 15 is 0 Å². The van der Waals surface area contributed by atoms with E-state index in [-0.39, 0.29) is 11.8 Å². The van der Waals surface area contributed by atoms with Gasteiger partial charge in [0.15, 0.2) is 0 Å². The second-order valence-corrected chi connectivity index (χ2v) is 7.13. The van der Waals surface area contributed by atoms with Crippen LogP contribution in [0.25, 0.3) is 0 Å². The van der Waals surface area contributed by atoms with Crippen molar-refractivity contribution in [2.75, 3.05) is 31.1 Å². The standard InChI is InChI=1S/C17H24N4O2S/c1-5-15-18-17(24-19-15)21-8-6-20(7-9-21)16(22)13-10-14(11(2)3)23-12(13)4/h10-11H,5-9H2,1-4H3. The third-order valence-electron chi connectivity index (χ3n) is 4.35. The average Bonchev–Trinajstić information content (AvgIpc) is 3.21. The molecule has 24 heavy (non-hydrogen) atoms. The maximum Gasteiger partial charge on any atom is 0.257 e. The van der Waals surface area contributed by atoms with Crippen LogP contribution in [-0.4, -0.2) is 46.3 Å². The molecule has 0 aromatic carbocycles. The zero-order valence-corrected chi connectivity index (χ0v) is 15.5. The van der Waals surface area contributed by atoms with Crippen LogP contribution in [0, 0.1) is 6.92 Å². The first-order chi connectivity index (χ1) is 11.5. The van der Waals surface area contributed by atoms with E-state index in [2.05, 4.69) is 35.0 Å². The highest BCUT2D eigenvalue weighted by Gasteiger charge is 2.26. The molecule has 6 nitrogen and oxygen atoms in total. The number of aryl methyl sites for hydroxylation is 2. The SMILES string of the molecule is CCc1nsc(N2CCN(C(=O)c3cc(C(C)C)oc3C)CC2)n1. The maximum atomic E-state index is 12.8. The van der Waals surface area contributed by atoms with E-state index in [1.165, 1.54) is 11.5 Å². The van der Waals surface area contributed by atoms with Gasteiger partial charge in [-0.15, -0.1) is 0 Å². The van der Waals surface area contributed by atoms with Gasteiger partial charge in [-0.25, -0.2) is 4.98 Å². The van der Waals surface area contributed by atoms with Crippen LogP contribution in [0.5, 0.6) is 0 Å². The number of furan rings is 1. The van der Waals surface area contributed by atoms with Crippen molar-refractivity contribution >= 4 is 22.6 Å². The number of piperazine rings is 1. The minimum Gasteiger partial charge on any atom is -0.465 e. The number of hydrogen-bond acceptors (Lipinski definition) is 6. The molecule has 0 atom stereocenters. The van der Waals surface area contributed by atoms with Gasteiger partial charge in [-0.1, -0.05) is 20.8 Å². The van der Waals surface area contributed by atoms with Crippen molar-refractivity contribution in [2.24, 2.45) is 0 Å². The Morgan fingerprint density at radius 1 is 1.33 bits per heavy atom. The summed E-state index contributed by atoms with van der Waals surface area (Å²) in [6.45, 7) is 11.0. The molecule has 0 radical (unpaired) electrons. The summed E-state index contributed by atoms with van der Waals surface area (Å²) in [4.78, 5) is 21.4. The Bertz CT molecular complexity index is 714. The molecule has 1 aliphatic heterocycles. The lowest BCUT2D eigenvalue weighted by Gasteiger charge is -2.34. The number of carbonyl (C=O) groups is 1. The van der Waals surface area contributed by atoms with E-state index in [4.69, 9.17) is 4.42 Å². The first-order valence-electron chi connectivity index (χ1n) is 8.46. The molecule has 1 saturated heterocycles. The van der Waals surface area contributed by atoms with Crippen LogP contribution in [0.3, 0.4) is 0 Å². The first-order valence-corrected chi connectivity index (χ1v) is 9.24. The Balaban J connectivity index is 1.64. The molecule has 3 heterocycles. The smallest absolute Gasteiger partial charge is 0.257 e. The van der Waals surface area contributed by atoms with Gasteiger partial charge in [0.25, 0.3) is 5.91 Å². The lowest BCUT2D eigenvalue weighted by Crippen LogP contribution is -2.48. The number of amides is 1. The summed E-state index contributed by atoms with van der Waals surface area (Å²) in [7, 11) is 0. The summed E-state index contributed by atoms with van der Waals surface area (Å²) in [6.07, 6.45) is 0.854. The van der Waals surface area contributed by atoms with Crippen molar-refractivity contribution in [3.05, 3.63) is 29.0 Å². The van der Waals surface area contributed by atoms with E-state index in [0.29, 0.717) is 24.4 Å². The number of nitrogens with zero attached hydrogens (tertiary/aromatic N) is 4. The zero-order valence-electron chi connectivity index (χ0n) is 14.7. The van der Waals surface area contributed by atoms with Gasteiger partial charge in [0, 0.05) is 50.1 Å². The highest BCUT2D eigenvalue weighted by atomic mass is 32.1. The second-order valence-electron chi connectivity index (χ2n) is 6.40. The van der Waals surface area contributed by atoms with Crippen LogP contribution < -0.4 is 4.90 Å². The topological polar surface area (TPSA) is 62.5 Å². The van der Waals surface area contributed by atoms with E-state index in [1.807, 2.05) is 17.9 Å². The van der Waals surface area contributed by atoms with Crippen LogP contribution >= 0.6 is 11.5 Å². The average molecular weight is 348 g/mol. The first kappa shape index (κ1) is 17.0. The maximum absolute atomic E-state index is 12.8. The molecule has 0 unspecified atom stereocenters. The zero-order chi connectivity index (χ0) is 17.3. The molecule has 1 fully saturated rings. The number of rotatable bonds is 4. The summed E-state index contributed by atoms with van der Waals surface area (Å²) in [5.74, 6) is 2.82. The van der Waals surface area contributed by atoms with Crippen LogP contribution in [-0.2, 0) is 6.42 Å². The molecular formula is C17H24N4O2S. The molecule has 1 amide bonds. The summed E-state index contributed by atoms with van der Waals surface area (Å²) >= 11 is 1.44. The minimum atomic E-state index is 0.0642. The van der Waals surface area contributed by atoms with Crippen LogP contribution in [0.15, 0.2) is 10.5 Å². The van der Waals surface area contributed by atoms with E-state index in [1.54, 1.807) is 0 Å². The van der Waals surface area contributed by atoms with Crippen LogP contribution in [0.1, 0.15) is 54.4 Å². The summed E-state index contributed by atoms with van der Waals surface area (Å²) < 4.78 is 10.1. The fourth-order valence-corrected chi connectivity index (χ4v) is 3.59. The molecule has 2 aromatic heterocycles. The fourth-order valence-electron chi connectivity index (χ4n) is 2.79. The van der Waals surface area contributed by atoms with Crippen molar-refractivity contribution in [3.63, 3.8) is 0 Å². The van der Waals surface area contributed by atoms with E-state index < -0.39 is 0 Å². The molecule has 3 rings (SSSR count). The van der Waals surface area contributed by atoms with Crippen molar-refractivity contribution in [1.29, 1.82) is 0 Å². The Labute approximate surface area is 146 Å². The monoisotopic (exact) mass is 348 g/mol. The van der Waals surface area contributed by atoms with Gasteiger partial charge in [0.05, 0.1) is 5.56 Å². The van der Waals surface area contributed by atoms with Gasteiger partial charge in [0.2, 0.25) is 5.13 Å². The highest BCUT2D eigenvalue weighted by molar-refractivity contribution is 7.09. The van der Waals surface area contributed by atoms with Gasteiger partial charge < -0.3 is 14.2 Å². The fraction of sp³-hybridized carbons (Fsp3) is 0.588. The lowest BCUT2D eigenvalue weighted by atomic mass is 10.1. The molecule has 0 spiro atoms. The summed E-state index contributed by atoms with van der Waals surface area (Å²) in [5, 5.41) is 0.959.